The molecule has 23 heavy (non-hydrogen) atoms. The SMILES string of the molecule is CS(=O)c1ccc(C(=O)OCC(=O)NC(=O)c2cccs2)cc1. The molecule has 0 saturated carbocycles. The van der Waals surface area contributed by atoms with E-state index in [1.165, 1.54) is 29.7 Å². The number of benzene rings is 1. The Balaban J connectivity index is 1.85. The molecular formula is C15H13NO5S2. The van der Waals surface area contributed by atoms with Crippen LogP contribution < -0.4 is 5.32 Å². The van der Waals surface area contributed by atoms with Gasteiger partial charge in [-0.05, 0) is 35.7 Å². The predicted octanol–water partition coefficient (Wildman–Crippen LogP) is 1.60. The maximum atomic E-state index is 11.8. The highest BCUT2D eigenvalue weighted by atomic mass is 32.2. The highest BCUT2D eigenvalue weighted by molar-refractivity contribution is 7.84. The second-order valence-corrected chi connectivity index (χ2v) is 6.74. The minimum absolute atomic E-state index is 0.233. The lowest BCUT2D eigenvalue weighted by atomic mass is 10.2. The van der Waals surface area contributed by atoms with Gasteiger partial charge in [0.05, 0.1) is 10.4 Å². The number of ether oxygens (including phenoxy) is 1. The first-order valence-electron chi connectivity index (χ1n) is 6.45. The minimum Gasteiger partial charge on any atom is -0.452 e. The van der Waals surface area contributed by atoms with E-state index in [1.807, 2.05) is 0 Å². The molecule has 1 aromatic heterocycles. The molecule has 6 nitrogen and oxygen atoms in total. The number of carbonyl (C=O) groups is 3. The number of nitrogens with one attached hydrogen (secondary N) is 1. The van der Waals surface area contributed by atoms with Gasteiger partial charge in [0, 0.05) is 22.0 Å². The summed E-state index contributed by atoms with van der Waals surface area (Å²) < 4.78 is 16.1. The van der Waals surface area contributed by atoms with Gasteiger partial charge in [-0.3, -0.25) is 19.1 Å². The molecule has 0 aliphatic heterocycles. The first-order valence-corrected chi connectivity index (χ1v) is 8.89. The minimum atomic E-state index is -1.14. The third-order valence-electron chi connectivity index (χ3n) is 2.75. The van der Waals surface area contributed by atoms with E-state index in [4.69, 9.17) is 4.74 Å². The zero-order chi connectivity index (χ0) is 16.8. The van der Waals surface area contributed by atoms with Crippen LogP contribution in [0.25, 0.3) is 0 Å². The van der Waals surface area contributed by atoms with Crippen molar-refractivity contribution in [1.82, 2.24) is 5.32 Å². The zero-order valence-corrected chi connectivity index (χ0v) is 13.7. The summed E-state index contributed by atoms with van der Waals surface area (Å²) in [7, 11) is -1.14. The summed E-state index contributed by atoms with van der Waals surface area (Å²) in [5.74, 6) is -1.93. The normalized spacial score (nSPS) is 11.5. The molecule has 2 aromatic rings. The average molecular weight is 351 g/mol. The van der Waals surface area contributed by atoms with Crippen LogP contribution in [-0.2, 0) is 20.3 Å². The van der Waals surface area contributed by atoms with E-state index in [9.17, 15) is 18.6 Å². The number of hydrogen-bond donors (Lipinski definition) is 1. The van der Waals surface area contributed by atoms with Gasteiger partial charge in [0.1, 0.15) is 0 Å². The Labute approximate surface area is 138 Å². The van der Waals surface area contributed by atoms with Gasteiger partial charge in [-0.1, -0.05) is 6.07 Å². The Morgan fingerprint density at radius 2 is 1.87 bits per heavy atom. The van der Waals surface area contributed by atoms with E-state index >= 15 is 0 Å². The lowest BCUT2D eigenvalue weighted by Gasteiger charge is -2.05. The molecule has 0 aliphatic carbocycles. The van der Waals surface area contributed by atoms with Crippen molar-refractivity contribution in [2.45, 2.75) is 4.90 Å². The largest absolute Gasteiger partial charge is 0.452 e. The molecule has 0 fully saturated rings. The van der Waals surface area contributed by atoms with Gasteiger partial charge in [0.15, 0.2) is 6.61 Å². The van der Waals surface area contributed by atoms with Crippen LogP contribution in [0.1, 0.15) is 20.0 Å². The van der Waals surface area contributed by atoms with Gasteiger partial charge in [-0.15, -0.1) is 11.3 Å². The number of thiophene rings is 1. The molecule has 2 rings (SSSR count). The molecule has 0 saturated heterocycles. The molecule has 1 N–H and O–H groups in total. The molecule has 1 aromatic carbocycles. The van der Waals surface area contributed by atoms with Crippen LogP contribution in [-0.4, -0.2) is 34.9 Å². The standard InChI is InChI=1S/C15H13NO5S2/c1-23(20)11-6-4-10(5-7-11)15(19)21-9-13(17)16-14(18)12-3-2-8-22-12/h2-8H,9H2,1H3,(H,16,17,18). The Bertz CT molecular complexity index is 738. The number of imide groups is 1. The van der Waals surface area contributed by atoms with Crippen molar-refractivity contribution < 1.29 is 23.3 Å². The van der Waals surface area contributed by atoms with Gasteiger partial charge in [-0.25, -0.2) is 4.79 Å². The maximum Gasteiger partial charge on any atom is 0.338 e. The summed E-state index contributed by atoms with van der Waals surface area (Å²) in [5.41, 5.74) is 0.233. The van der Waals surface area contributed by atoms with Crippen LogP contribution in [0.2, 0.25) is 0 Å². The van der Waals surface area contributed by atoms with Crippen LogP contribution in [0.4, 0.5) is 0 Å². The van der Waals surface area contributed by atoms with Crippen molar-refractivity contribution in [2.24, 2.45) is 0 Å². The Kier molecular flexibility index (Phi) is 5.78. The molecule has 8 heteroatoms. The van der Waals surface area contributed by atoms with Crippen molar-refractivity contribution in [1.29, 1.82) is 0 Å². The fraction of sp³-hybridized carbons (Fsp3) is 0.133. The van der Waals surface area contributed by atoms with Gasteiger partial charge >= 0.3 is 5.97 Å². The molecular weight excluding hydrogens is 338 g/mol. The summed E-state index contributed by atoms with van der Waals surface area (Å²) in [5, 5.41) is 3.84. The molecule has 0 bridgehead atoms. The molecule has 1 atom stereocenters. The van der Waals surface area contributed by atoms with Gasteiger partial charge in [-0.2, -0.15) is 0 Å². The van der Waals surface area contributed by atoms with Crippen LogP contribution >= 0.6 is 11.3 Å². The molecule has 1 heterocycles. The molecule has 0 spiro atoms. The summed E-state index contributed by atoms with van der Waals surface area (Å²) in [6.07, 6.45) is 1.53. The molecule has 120 valence electrons. The van der Waals surface area contributed by atoms with Crippen LogP contribution in [0, 0.1) is 0 Å². The van der Waals surface area contributed by atoms with E-state index in [-0.39, 0.29) is 5.56 Å². The summed E-state index contributed by atoms with van der Waals surface area (Å²) >= 11 is 1.20. The van der Waals surface area contributed by atoms with Crippen molar-refractivity contribution in [3.8, 4) is 0 Å². The van der Waals surface area contributed by atoms with Crippen molar-refractivity contribution in [3.05, 3.63) is 52.2 Å². The topological polar surface area (TPSA) is 89.5 Å². The lowest BCUT2D eigenvalue weighted by molar-refractivity contribution is -0.123. The fourth-order valence-corrected chi connectivity index (χ4v) is 2.77. The molecule has 1 unspecified atom stereocenters. The summed E-state index contributed by atoms with van der Waals surface area (Å²) in [6, 6.07) is 9.30. The first kappa shape index (κ1) is 17.0. The Morgan fingerprint density at radius 1 is 1.17 bits per heavy atom. The van der Waals surface area contributed by atoms with E-state index in [0.29, 0.717) is 9.77 Å². The summed E-state index contributed by atoms with van der Waals surface area (Å²) in [4.78, 5) is 36.0. The van der Waals surface area contributed by atoms with Gasteiger partial charge < -0.3 is 4.74 Å². The van der Waals surface area contributed by atoms with Gasteiger partial charge in [0.25, 0.3) is 11.8 Å². The van der Waals surface area contributed by atoms with Gasteiger partial charge in [0.2, 0.25) is 0 Å². The van der Waals surface area contributed by atoms with Crippen molar-refractivity contribution >= 4 is 39.9 Å². The fourth-order valence-electron chi connectivity index (χ4n) is 1.63. The van der Waals surface area contributed by atoms with E-state index in [0.717, 1.165) is 0 Å². The van der Waals surface area contributed by atoms with E-state index in [1.54, 1.807) is 29.6 Å². The first-order chi connectivity index (χ1) is 11.0. The smallest absolute Gasteiger partial charge is 0.338 e. The second kappa shape index (κ2) is 7.80. The second-order valence-electron chi connectivity index (χ2n) is 4.41. The Hall–Kier alpha value is -2.32. The van der Waals surface area contributed by atoms with Crippen LogP contribution in [0.15, 0.2) is 46.7 Å². The molecule has 0 aliphatic rings. The quantitative estimate of drug-likeness (QED) is 0.827. The zero-order valence-electron chi connectivity index (χ0n) is 12.1. The van der Waals surface area contributed by atoms with Crippen molar-refractivity contribution in [3.63, 3.8) is 0 Å². The maximum absolute atomic E-state index is 11.8. The van der Waals surface area contributed by atoms with E-state index in [2.05, 4.69) is 5.32 Å². The third-order valence-corrected chi connectivity index (χ3v) is 4.56. The molecule has 0 radical (unpaired) electrons. The Morgan fingerprint density at radius 3 is 2.43 bits per heavy atom. The highest BCUT2D eigenvalue weighted by Gasteiger charge is 2.14. The highest BCUT2D eigenvalue weighted by Crippen LogP contribution is 2.09. The predicted molar refractivity (Wildman–Crippen MR) is 85.8 cm³/mol. The number of rotatable bonds is 5. The molecule has 2 amide bonds. The number of hydrogen-bond acceptors (Lipinski definition) is 6. The number of esters is 1. The average Bonchev–Trinajstić information content (AvgIpc) is 3.07. The number of carbonyl (C=O) groups excluding carboxylic acids is 3. The van der Waals surface area contributed by atoms with Crippen LogP contribution in [0.5, 0.6) is 0 Å². The van der Waals surface area contributed by atoms with Crippen molar-refractivity contribution in [2.75, 3.05) is 12.9 Å². The van der Waals surface area contributed by atoms with Crippen LogP contribution in [0.3, 0.4) is 0 Å². The number of amides is 2. The summed E-state index contributed by atoms with van der Waals surface area (Å²) in [6.45, 7) is -0.558. The monoisotopic (exact) mass is 351 g/mol. The lowest BCUT2D eigenvalue weighted by Crippen LogP contribution is -2.33. The third kappa shape index (κ3) is 4.83. The van der Waals surface area contributed by atoms with E-state index < -0.39 is 35.2 Å².